The van der Waals surface area contributed by atoms with Gasteiger partial charge in [0.25, 0.3) is 0 Å². The maximum Gasteiger partial charge on any atom is 0.354 e. The van der Waals surface area contributed by atoms with Gasteiger partial charge >= 0.3 is 6.72 Å². The molecular weight excluding hydrogens is 470 g/mol. The van der Waals surface area contributed by atoms with E-state index in [4.69, 9.17) is 39.3 Å². The Labute approximate surface area is 191 Å². The van der Waals surface area contributed by atoms with Crippen molar-refractivity contribution in [3.8, 4) is 0 Å². The van der Waals surface area contributed by atoms with E-state index >= 15 is 0 Å². The summed E-state index contributed by atoms with van der Waals surface area (Å²) in [6.45, 7) is 1.30. The van der Waals surface area contributed by atoms with Crippen LogP contribution in [-0.4, -0.2) is 23.4 Å². The predicted octanol–water partition coefficient (Wildman–Crippen LogP) is 8.18. The fraction of sp³-hybridized carbons (Fsp3) is 0.350. The van der Waals surface area contributed by atoms with Crippen molar-refractivity contribution in [1.82, 2.24) is 4.67 Å². The molecule has 0 radical (unpaired) electrons. The number of benzene rings is 2. The van der Waals surface area contributed by atoms with Gasteiger partial charge in [-0.25, -0.2) is 4.99 Å². The molecule has 0 bridgehead atoms. The van der Waals surface area contributed by atoms with Gasteiger partial charge in [0.2, 0.25) is 0 Å². The minimum absolute atomic E-state index is 0.303. The van der Waals surface area contributed by atoms with Crippen molar-refractivity contribution in [3.63, 3.8) is 0 Å². The molecule has 9 heteroatoms. The molecule has 0 spiro atoms. The minimum Gasteiger partial charge on any atom is -0.306 e. The van der Waals surface area contributed by atoms with E-state index in [2.05, 4.69) is 4.99 Å². The van der Waals surface area contributed by atoms with Crippen LogP contribution < -0.4 is 0 Å². The zero-order valence-electron chi connectivity index (χ0n) is 16.4. The highest BCUT2D eigenvalue weighted by Crippen LogP contribution is 2.62. The smallest absolute Gasteiger partial charge is 0.306 e. The maximum absolute atomic E-state index is 13.7. The molecule has 0 aliphatic rings. The van der Waals surface area contributed by atoms with Crippen LogP contribution in [0.1, 0.15) is 31.4 Å². The Morgan fingerprint density at radius 3 is 2.31 bits per heavy atom. The van der Waals surface area contributed by atoms with Gasteiger partial charge in [0.15, 0.2) is 0 Å². The van der Waals surface area contributed by atoms with Crippen LogP contribution in [0.3, 0.4) is 0 Å². The third-order valence-electron chi connectivity index (χ3n) is 3.76. The maximum atomic E-state index is 13.7. The molecule has 158 valence electrons. The van der Waals surface area contributed by atoms with Crippen molar-refractivity contribution >= 4 is 64.9 Å². The summed E-state index contributed by atoms with van der Waals surface area (Å²) in [7, 11) is 0. The van der Waals surface area contributed by atoms with E-state index in [0.717, 1.165) is 23.2 Å². The summed E-state index contributed by atoms with van der Waals surface area (Å²) in [4.78, 5) is 4.51. The molecule has 0 fully saturated rings. The summed E-state index contributed by atoms with van der Waals surface area (Å²) in [6, 6.07) is 12.8. The third kappa shape index (κ3) is 7.82. The molecule has 2 aromatic rings. The summed E-state index contributed by atoms with van der Waals surface area (Å²) in [6.07, 6.45) is 2.46. The summed E-state index contributed by atoms with van der Waals surface area (Å²) in [5, 5.41) is 1.04. The molecule has 0 heterocycles. The first kappa shape index (κ1) is 24.6. The molecule has 2 rings (SSSR count). The third-order valence-corrected chi connectivity index (χ3v) is 9.36. The molecule has 0 aliphatic carbocycles. The van der Waals surface area contributed by atoms with Crippen molar-refractivity contribution in [2.45, 2.75) is 32.7 Å². The average Bonchev–Trinajstić information content (AvgIpc) is 2.69. The summed E-state index contributed by atoms with van der Waals surface area (Å²) in [5.41, 5.74) is 2.56. The molecule has 0 aliphatic heterocycles. The summed E-state index contributed by atoms with van der Waals surface area (Å²) in [5.74, 6) is 1.15. The summed E-state index contributed by atoms with van der Waals surface area (Å²) >= 11 is 19.4. The fourth-order valence-electron chi connectivity index (χ4n) is 2.44. The molecule has 0 saturated heterocycles. The van der Waals surface area contributed by atoms with Gasteiger partial charge in [-0.15, -0.1) is 11.6 Å². The minimum atomic E-state index is -3.20. The highest BCUT2D eigenvalue weighted by molar-refractivity contribution is 8.55. The molecule has 0 N–H and O–H groups in total. The van der Waals surface area contributed by atoms with Gasteiger partial charge < -0.3 is 4.52 Å². The lowest BCUT2D eigenvalue weighted by atomic mass is 10.2. The van der Waals surface area contributed by atoms with E-state index in [1.807, 2.05) is 38.1 Å². The zero-order valence-corrected chi connectivity index (χ0v) is 20.3. The SMILES string of the molecule is CCCSP(=O)(OCC)N(C=Nc1ccc(CCl)cc1)Cc1cc(Cl)cc(Cl)c1. The standard InChI is InChI=1S/C20H24Cl3N2O2PS/c1-3-9-29-28(26,27-4-2)25(14-17-10-18(22)12-19(23)11-17)15-24-20-7-5-16(13-21)6-8-20/h5-8,10-12,15H,3-4,9,13-14H2,1-2H3. The Bertz CT molecular complexity index is 845. The van der Waals surface area contributed by atoms with Crippen LogP contribution >= 0.6 is 52.9 Å². The summed E-state index contributed by atoms with van der Waals surface area (Å²) < 4.78 is 21.0. The quantitative estimate of drug-likeness (QED) is 0.137. The van der Waals surface area contributed by atoms with Crippen molar-refractivity contribution in [3.05, 3.63) is 63.6 Å². The normalized spacial score (nSPS) is 13.6. The molecular formula is C20H24Cl3N2O2PS. The number of alkyl halides is 1. The lowest BCUT2D eigenvalue weighted by Gasteiger charge is -2.28. The first-order valence-electron chi connectivity index (χ1n) is 9.20. The number of halogens is 3. The second-order valence-corrected chi connectivity index (χ2v) is 11.8. The van der Waals surface area contributed by atoms with Gasteiger partial charge in [0.05, 0.1) is 25.2 Å². The Kier molecular flexibility index (Phi) is 10.4. The molecule has 0 aromatic heterocycles. The van der Waals surface area contributed by atoms with Gasteiger partial charge in [-0.3, -0.25) is 9.24 Å². The van der Waals surface area contributed by atoms with Crippen molar-refractivity contribution in [2.75, 3.05) is 12.4 Å². The van der Waals surface area contributed by atoms with Gasteiger partial charge in [-0.1, -0.05) is 42.3 Å². The number of nitrogens with zero attached hydrogens (tertiary/aromatic N) is 2. The first-order chi connectivity index (χ1) is 13.9. The zero-order chi connectivity index (χ0) is 21.3. The highest BCUT2D eigenvalue weighted by Gasteiger charge is 2.31. The first-order valence-corrected chi connectivity index (χ1v) is 13.7. The van der Waals surface area contributed by atoms with Crippen LogP contribution in [0.2, 0.25) is 10.0 Å². The average molecular weight is 494 g/mol. The van der Waals surface area contributed by atoms with E-state index in [0.29, 0.717) is 34.8 Å². The van der Waals surface area contributed by atoms with Crippen LogP contribution in [0.5, 0.6) is 0 Å². The fourth-order valence-corrected chi connectivity index (χ4v) is 7.34. The van der Waals surface area contributed by atoms with Crippen molar-refractivity contribution in [1.29, 1.82) is 0 Å². The van der Waals surface area contributed by atoms with Crippen LogP contribution in [0.15, 0.2) is 47.5 Å². The van der Waals surface area contributed by atoms with Gasteiger partial charge in [0, 0.05) is 21.7 Å². The largest absolute Gasteiger partial charge is 0.354 e. The van der Waals surface area contributed by atoms with Gasteiger partial charge in [-0.2, -0.15) is 0 Å². The Morgan fingerprint density at radius 1 is 1.10 bits per heavy atom. The van der Waals surface area contributed by atoms with Crippen molar-refractivity contribution in [2.24, 2.45) is 4.99 Å². The van der Waals surface area contributed by atoms with E-state index < -0.39 is 6.72 Å². The van der Waals surface area contributed by atoms with Crippen LogP contribution in [0.4, 0.5) is 5.69 Å². The van der Waals surface area contributed by atoms with Gasteiger partial charge in [-0.05, 0) is 66.2 Å². The molecule has 2 aromatic carbocycles. The number of hydrogen-bond donors (Lipinski definition) is 0. The Balaban J connectivity index is 2.36. The van der Waals surface area contributed by atoms with Gasteiger partial charge in [0.1, 0.15) is 0 Å². The van der Waals surface area contributed by atoms with E-state index in [1.54, 1.807) is 29.2 Å². The van der Waals surface area contributed by atoms with E-state index in [9.17, 15) is 4.57 Å². The van der Waals surface area contributed by atoms with Crippen molar-refractivity contribution < 1.29 is 9.09 Å². The molecule has 4 nitrogen and oxygen atoms in total. The number of rotatable bonds is 11. The van der Waals surface area contributed by atoms with Crippen LogP contribution in [0, 0.1) is 0 Å². The predicted molar refractivity (Wildman–Crippen MR) is 128 cm³/mol. The number of aliphatic imine (C=N–C) groups is 1. The second kappa shape index (κ2) is 12.2. The second-order valence-electron chi connectivity index (χ2n) is 6.14. The van der Waals surface area contributed by atoms with E-state index in [-0.39, 0.29) is 0 Å². The number of hydrogen-bond acceptors (Lipinski definition) is 4. The topological polar surface area (TPSA) is 41.9 Å². The van der Waals surface area contributed by atoms with E-state index in [1.165, 1.54) is 11.4 Å². The molecule has 0 amide bonds. The van der Waals surface area contributed by atoms with Crippen LogP contribution in [-0.2, 0) is 21.5 Å². The monoisotopic (exact) mass is 492 g/mol. The Morgan fingerprint density at radius 2 is 1.76 bits per heavy atom. The Hall–Kier alpha value is -0.680. The molecule has 29 heavy (non-hydrogen) atoms. The van der Waals surface area contributed by atoms with Crippen LogP contribution in [0.25, 0.3) is 0 Å². The molecule has 0 saturated carbocycles. The molecule has 1 unspecified atom stereocenters. The molecule has 1 atom stereocenters. The lowest BCUT2D eigenvalue weighted by molar-refractivity contribution is 0.316. The lowest BCUT2D eigenvalue weighted by Crippen LogP contribution is -2.19. The highest BCUT2D eigenvalue weighted by atomic mass is 35.5.